The van der Waals surface area contributed by atoms with E-state index in [9.17, 15) is 0 Å². The average molecular weight is 193 g/mol. The number of halogens is 1. The minimum Gasteiger partial charge on any atom is -0.270 e. The second kappa shape index (κ2) is 2.55. The average Bonchev–Trinajstić information content (AvgIpc) is 2.14. The van der Waals surface area contributed by atoms with Crippen LogP contribution in [-0.4, -0.2) is 16.5 Å². The van der Waals surface area contributed by atoms with Crippen LogP contribution in [0.25, 0.3) is 0 Å². The molecule has 1 heterocycles. The third kappa shape index (κ3) is 1.06. The Hall–Kier alpha value is 0.0400. The van der Waals surface area contributed by atoms with E-state index in [4.69, 9.17) is 0 Å². The molecule has 0 spiro atoms. The molecule has 44 valence electrons. The standard InChI is InChI=1S/C4H5BrN2S/c1-8-3-2-6-7-4(3)5/h2H,1H3,(H,6,7). The topological polar surface area (TPSA) is 28.7 Å². The van der Waals surface area contributed by atoms with Crippen LogP contribution in [0.1, 0.15) is 0 Å². The van der Waals surface area contributed by atoms with Crippen LogP contribution in [0.5, 0.6) is 0 Å². The van der Waals surface area contributed by atoms with Crippen molar-refractivity contribution in [1.29, 1.82) is 0 Å². The van der Waals surface area contributed by atoms with E-state index >= 15 is 0 Å². The molecule has 1 aromatic heterocycles. The summed E-state index contributed by atoms with van der Waals surface area (Å²) in [5.41, 5.74) is 0. The molecule has 0 aliphatic heterocycles. The van der Waals surface area contributed by atoms with E-state index < -0.39 is 0 Å². The fourth-order valence-electron chi connectivity index (χ4n) is 0.402. The Labute approximate surface area is 60.2 Å². The molecule has 0 saturated carbocycles. The maximum absolute atomic E-state index is 3.80. The summed E-state index contributed by atoms with van der Waals surface area (Å²) in [5.74, 6) is 0. The Morgan fingerprint density at radius 2 is 2.62 bits per heavy atom. The molecule has 0 saturated heterocycles. The van der Waals surface area contributed by atoms with Crippen molar-refractivity contribution in [1.82, 2.24) is 10.2 Å². The summed E-state index contributed by atoms with van der Waals surface area (Å²) < 4.78 is 0.963. The molecule has 0 bridgehead atoms. The number of H-pyrrole nitrogens is 1. The second-order valence-electron chi connectivity index (χ2n) is 1.25. The highest BCUT2D eigenvalue weighted by Gasteiger charge is 1.95. The molecule has 0 radical (unpaired) electrons. The molecule has 1 aromatic rings. The lowest BCUT2D eigenvalue weighted by Gasteiger charge is -1.84. The summed E-state index contributed by atoms with van der Waals surface area (Å²) >= 11 is 4.95. The number of aromatic amines is 1. The van der Waals surface area contributed by atoms with Crippen molar-refractivity contribution in [2.45, 2.75) is 4.90 Å². The highest BCUT2D eigenvalue weighted by atomic mass is 79.9. The van der Waals surface area contributed by atoms with Crippen LogP contribution >= 0.6 is 27.7 Å². The van der Waals surface area contributed by atoms with Gasteiger partial charge in [0.2, 0.25) is 0 Å². The van der Waals surface area contributed by atoms with Gasteiger partial charge in [-0.2, -0.15) is 5.10 Å². The van der Waals surface area contributed by atoms with Gasteiger partial charge in [0.05, 0.1) is 11.1 Å². The first-order valence-electron chi connectivity index (χ1n) is 2.07. The minimum atomic E-state index is 0.963. The third-order valence-corrected chi connectivity index (χ3v) is 2.40. The molecule has 0 aliphatic rings. The molecule has 8 heavy (non-hydrogen) atoms. The van der Waals surface area contributed by atoms with E-state index in [1.54, 1.807) is 18.0 Å². The van der Waals surface area contributed by atoms with Gasteiger partial charge >= 0.3 is 0 Å². The lowest BCUT2D eigenvalue weighted by Crippen LogP contribution is -1.62. The highest BCUT2D eigenvalue weighted by Crippen LogP contribution is 2.21. The largest absolute Gasteiger partial charge is 0.270 e. The van der Waals surface area contributed by atoms with Crippen LogP contribution < -0.4 is 0 Å². The number of rotatable bonds is 1. The number of nitrogens with zero attached hydrogens (tertiary/aromatic N) is 1. The van der Waals surface area contributed by atoms with Gasteiger partial charge in [-0.15, -0.1) is 11.8 Å². The normalized spacial score (nSPS) is 9.75. The van der Waals surface area contributed by atoms with Crippen LogP contribution in [0, 0.1) is 0 Å². The zero-order chi connectivity index (χ0) is 5.98. The van der Waals surface area contributed by atoms with Crippen molar-refractivity contribution in [3.8, 4) is 0 Å². The molecule has 0 atom stereocenters. The Morgan fingerprint density at radius 3 is 2.88 bits per heavy atom. The number of thioether (sulfide) groups is 1. The maximum atomic E-state index is 3.80. The number of hydrogen-bond acceptors (Lipinski definition) is 2. The fourth-order valence-corrected chi connectivity index (χ4v) is 1.47. The van der Waals surface area contributed by atoms with Crippen molar-refractivity contribution in [3.63, 3.8) is 0 Å². The summed E-state index contributed by atoms with van der Waals surface area (Å²) in [4.78, 5) is 1.14. The monoisotopic (exact) mass is 192 g/mol. The number of hydrogen-bond donors (Lipinski definition) is 1. The van der Waals surface area contributed by atoms with Crippen LogP contribution in [0.4, 0.5) is 0 Å². The van der Waals surface area contributed by atoms with Crippen molar-refractivity contribution in [2.75, 3.05) is 6.26 Å². The molecular formula is C4H5BrN2S. The maximum Gasteiger partial charge on any atom is 0.114 e. The van der Waals surface area contributed by atoms with E-state index in [0.717, 1.165) is 9.50 Å². The van der Waals surface area contributed by atoms with Crippen molar-refractivity contribution >= 4 is 27.7 Å². The first kappa shape index (κ1) is 6.16. The fraction of sp³-hybridized carbons (Fsp3) is 0.250. The molecule has 0 aromatic carbocycles. The van der Waals surface area contributed by atoms with Crippen molar-refractivity contribution < 1.29 is 0 Å². The smallest absolute Gasteiger partial charge is 0.114 e. The lowest BCUT2D eigenvalue weighted by atomic mass is 10.7. The van der Waals surface area contributed by atoms with Crippen LogP contribution in [0.15, 0.2) is 15.7 Å². The third-order valence-electron chi connectivity index (χ3n) is 0.781. The van der Waals surface area contributed by atoms with Crippen LogP contribution in [-0.2, 0) is 0 Å². The van der Waals surface area contributed by atoms with Gasteiger partial charge < -0.3 is 0 Å². The summed E-state index contributed by atoms with van der Waals surface area (Å²) in [7, 11) is 0. The Balaban J connectivity index is 2.92. The van der Waals surface area contributed by atoms with E-state index in [-0.39, 0.29) is 0 Å². The van der Waals surface area contributed by atoms with Gasteiger partial charge in [0, 0.05) is 0 Å². The van der Waals surface area contributed by atoms with Crippen LogP contribution in [0.2, 0.25) is 0 Å². The molecule has 0 unspecified atom stereocenters. The van der Waals surface area contributed by atoms with Gasteiger partial charge in [-0.3, -0.25) is 5.10 Å². The van der Waals surface area contributed by atoms with Gasteiger partial charge in [-0.25, -0.2) is 0 Å². The second-order valence-corrected chi connectivity index (χ2v) is 2.89. The molecule has 2 nitrogen and oxygen atoms in total. The van der Waals surface area contributed by atoms with Gasteiger partial charge in [-0.05, 0) is 22.2 Å². The Bertz CT molecular complexity index is 174. The molecule has 0 aliphatic carbocycles. The summed E-state index contributed by atoms with van der Waals surface area (Å²) in [5, 5.41) is 6.57. The SMILES string of the molecule is CSc1cn[nH]c1Br. The summed E-state index contributed by atoms with van der Waals surface area (Å²) in [6.07, 6.45) is 3.80. The number of aromatic nitrogens is 2. The molecular weight excluding hydrogens is 188 g/mol. The van der Waals surface area contributed by atoms with Crippen molar-refractivity contribution in [3.05, 3.63) is 10.8 Å². The molecule has 4 heteroatoms. The zero-order valence-electron chi connectivity index (χ0n) is 4.31. The predicted molar refractivity (Wildman–Crippen MR) is 38.1 cm³/mol. The first-order valence-corrected chi connectivity index (χ1v) is 4.09. The first-order chi connectivity index (χ1) is 3.84. The van der Waals surface area contributed by atoms with E-state index in [1.807, 2.05) is 6.26 Å². The predicted octanol–water partition coefficient (Wildman–Crippen LogP) is 1.89. The molecule has 0 amide bonds. The quantitative estimate of drug-likeness (QED) is 0.690. The number of nitrogens with one attached hydrogen (secondary N) is 1. The highest BCUT2D eigenvalue weighted by molar-refractivity contribution is 9.10. The molecule has 1 rings (SSSR count). The van der Waals surface area contributed by atoms with Gasteiger partial charge in [0.25, 0.3) is 0 Å². The summed E-state index contributed by atoms with van der Waals surface area (Å²) in [6.45, 7) is 0. The van der Waals surface area contributed by atoms with E-state index in [2.05, 4.69) is 26.1 Å². The van der Waals surface area contributed by atoms with Crippen LogP contribution in [0.3, 0.4) is 0 Å². The Morgan fingerprint density at radius 1 is 1.88 bits per heavy atom. The Kier molecular flexibility index (Phi) is 1.96. The summed E-state index contributed by atoms with van der Waals surface area (Å²) in [6, 6.07) is 0. The van der Waals surface area contributed by atoms with E-state index in [0.29, 0.717) is 0 Å². The van der Waals surface area contributed by atoms with Gasteiger partial charge in [0.1, 0.15) is 4.60 Å². The van der Waals surface area contributed by atoms with Gasteiger partial charge in [-0.1, -0.05) is 0 Å². The minimum absolute atomic E-state index is 0.963. The van der Waals surface area contributed by atoms with Crippen molar-refractivity contribution in [2.24, 2.45) is 0 Å². The molecule has 1 N–H and O–H groups in total. The zero-order valence-corrected chi connectivity index (χ0v) is 6.71. The molecule has 0 fully saturated rings. The lowest BCUT2D eigenvalue weighted by molar-refractivity contribution is 1.07. The van der Waals surface area contributed by atoms with E-state index in [1.165, 1.54) is 0 Å². The van der Waals surface area contributed by atoms with Gasteiger partial charge in [0.15, 0.2) is 0 Å².